The second kappa shape index (κ2) is 7.81. The molecule has 0 amide bonds. The summed E-state index contributed by atoms with van der Waals surface area (Å²) in [5, 5.41) is 10.1. The summed E-state index contributed by atoms with van der Waals surface area (Å²) in [4.78, 5) is 11.0. The Hall–Kier alpha value is -2.56. The van der Waals surface area contributed by atoms with E-state index in [4.69, 9.17) is 9.47 Å². The minimum atomic E-state index is -0.572. The Balaban J connectivity index is 2.23. The molecule has 0 aliphatic heterocycles. The Labute approximate surface area is 140 Å². The van der Waals surface area contributed by atoms with Crippen molar-refractivity contribution in [3.8, 4) is 17.2 Å². The van der Waals surface area contributed by atoms with E-state index in [9.17, 15) is 14.3 Å². The van der Waals surface area contributed by atoms with Gasteiger partial charge in [0, 0.05) is 30.5 Å². The summed E-state index contributed by atoms with van der Waals surface area (Å²) in [5.74, 6) is -0.582. The first kappa shape index (κ1) is 17.8. The molecule has 2 aromatic rings. The van der Waals surface area contributed by atoms with Gasteiger partial charge in [0.2, 0.25) is 0 Å². The van der Waals surface area contributed by atoms with Crippen molar-refractivity contribution >= 4 is 5.97 Å². The van der Waals surface area contributed by atoms with Crippen LogP contribution in [0, 0.1) is 12.7 Å². The highest BCUT2D eigenvalue weighted by atomic mass is 19.1. The first-order chi connectivity index (χ1) is 11.4. The van der Waals surface area contributed by atoms with E-state index in [1.165, 1.54) is 19.9 Å². The van der Waals surface area contributed by atoms with Gasteiger partial charge in [0.15, 0.2) is 0 Å². The molecule has 1 N–H and O–H groups in total. The van der Waals surface area contributed by atoms with Crippen molar-refractivity contribution in [3.63, 3.8) is 0 Å². The van der Waals surface area contributed by atoms with E-state index < -0.39 is 11.8 Å². The maximum atomic E-state index is 14.5. The van der Waals surface area contributed by atoms with Gasteiger partial charge < -0.3 is 14.6 Å². The fourth-order valence-electron chi connectivity index (χ4n) is 2.32. The SMILES string of the molecule is CCCOc1ccc(Cc2c(O)cc(OC(C)=O)c(C)c2F)cc1. The molecular formula is C19H21FO4. The lowest BCUT2D eigenvalue weighted by atomic mass is 10.0. The Kier molecular flexibility index (Phi) is 5.79. The molecule has 0 unspecified atom stereocenters. The minimum Gasteiger partial charge on any atom is -0.507 e. The van der Waals surface area contributed by atoms with Crippen molar-refractivity contribution in [2.45, 2.75) is 33.6 Å². The van der Waals surface area contributed by atoms with E-state index in [1.54, 1.807) is 0 Å². The zero-order valence-electron chi connectivity index (χ0n) is 14.1. The zero-order valence-corrected chi connectivity index (χ0v) is 14.1. The van der Waals surface area contributed by atoms with Gasteiger partial charge in [-0.25, -0.2) is 4.39 Å². The van der Waals surface area contributed by atoms with Gasteiger partial charge in [-0.1, -0.05) is 19.1 Å². The van der Waals surface area contributed by atoms with Gasteiger partial charge in [-0.3, -0.25) is 4.79 Å². The van der Waals surface area contributed by atoms with Crippen LogP contribution in [0.3, 0.4) is 0 Å². The molecular weight excluding hydrogens is 311 g/mol. The number of phenols is 1. The fraction of sp³-hybridized carbons (Fsp3) is 0.316. The molecule has 0 bridgehead atoms. The number of hydrogen-bond donors (Lipinski definition) is 1. The highest BCUT2D eigenvalue weighted by Crippen LogP contribution is 2.33. The van der Waals surface area contributed by atoms with Crippen LogP contribution in [0.4, 0.5) is 4.39 Å². The average molecular weight is 332 g/mol. The Morgan fingerprint density at radius 3 is 2.50 bits per heavy atom. The number of aromatic hydroxyl groups is 1. The molecule has 0 atom stereocenters. The van der Waals surface area contributed by atoms with Crippen LogP contribution in [-0.4, -0.2) is 17.7 Å². The van der Waals surface area contributed by atoms with Crippen LogP contribution in [0.15, 0.2) is 30.3 Å². The molecule has 4 nitrogen and oxygen atoms in total. The lowest BCUT2D eigenvalue weighted by Crippen LogP contribution is -2.05. The van der Waals surface area contributed by atoms with Gasteiger partial charge in [0.1, 0.15) is 23.1 Å². The number of carbonyl (C=O) groups excluding carboxylic acids is 1. The standard InChI is InChI=1S/C19H21FO4/c1-4-9-23-15-7-5-14(6-8-15)10-16-17(22)11-18(24-13(3)21)12(2)19(16)20/h5-8,11,22H,4,9-10H2,1-3H3. The van der Waals surface area contributed by atoms with Crippen LogP contribution in [0.2, 0.25) is 0 Å². The minimum absolute atomic E-state index is 0.0320. The van der Waals surface area contributed by atoms with Crippen LogP contribution in [0.5, 0.6) is 17.2 Å². The zero-order chi connectivity index (χ0) is 17.7. The summed E-state index contributed by atoms with van der Waals surface area (Å²) < 4.78 is 24.9. The first-order valence-corrected chi connectivity index (χ1v) is 7.83. The average Bonchev–Trinajstić information content (AvgIpc) is 2.55. The van der Waals surface area contributed by atoms with Crippen LogP contribution in [0.1, 0.15) is 37.0 Å². The van der Waals surface area contributed by atoms with E-state index in [-0.39, 0.29) is 29.0 Å². The Bertz CT molecular complexity index is 723. The van der Waals surface area contributed by atoms with Crippen LogP contribution < -0.4 is 9.47 Å². The third kappa shape index (κ3) is 4.25. The highest BCUT2D eigenvalue weighted by molar-refractivity contribution is 5.70. The maximum absolute atomic E-state index is 14.5. The molecule has 2 rings (SSSR count). The molecule has 0 heterocycles. The number of carbonyl (C=O) groups is 1. The first-order valence-electron chi connectivity index (χ1n) is 7.83. The summed E-state index contributed by atoms with van der Waals surface area (Å²) in [5.41, 5.74) is 1.21. The van der Waals surface area contributed by atoms with Crippen molar-refractivity contribution in [3.05, 3.63) is 52.8 Å². The number of halogens is 1. The van der Waals surface area contributed by atoms with Crippen molar-refractivity contribution in [2.24, 2.45) is 0 Å². The molecule has 0 aromatic heterocycles. The quantitative estimate of drug-likeness (QED) is 0.638. The smallest absolute Gasteiger partial charge is 0.308 e. The molecule has 0 saturated carbocycles. The van der Waals surface area contributed by atoms with E-state index in [0.717, 1.165) is 17.7 Å². The molecule has 0 spiro atoms. The second-order valence-corrected chi connectivity index (χ2v) is 5.57. The molecule has 0 aliphatic rings. The van der Waals surface area contributed by atoms with Crippen molar-refractivity contribution < 1.29 is 23.8 Å². The topological polar surface area (TPSA) is 55.8 Å². The molecule has 0 saturated heterocycles. The highest BCUT2D eigenvalue weighted by Gasteiger charge is 2.17. The predicted molar refractivity (Wildman–Crippen MR) is 89.1 cm³/mol. The molecule has 0 radical (unpaired) electrons. The summed E-state index contributed by atoms with van der Waals surface area (Å²) in [7, 11) is 0. The van der Waals surface area contributed by atoms with E-state index >= 15 is 0 Å². The van der Waals surface area contributed by atoms with Crippen LogP contribution in [-0.2, 0) is 11.2 Å². The summed E-state index contributed by atoms with van der Waals surface area (Å²) in [6, 6.07) is 8.58. The number of esters is 1. The summed E-state index contributed by atoms with van der Waals surface area (Å²) in [6.07, 6.45) is 1.15. The monoisotopic (exact) mass is 332 g/mol. The largest absolute Gasteiger partial charge is 0.507 e. The lowest BCUT2D eigenvalue weighted by molar-refractivity contribution is -0.131. The van der Waals surface area contributed by atoms with E-state index in [1.807, 2.05) is 31.2 Å². The third-order valence-corrected chi connectivity index (χ3v) is 3.57. The summed E-state index contributed by atoms with van der Waals surface area (Å²) in [6.45, 7) is 5.41. The third-order valence-electron chi connectivity index (χ3n) is 3.57. The van der Waals surface area contributed by atoms with E-state index in [0.29, 0.717) is 6.61 Å². The van der Waals surface area contributed by atoms with Gasteiger partial charge in [-0.2, -0.15) is 0 Å². The lowest BCUT2D eigenvalue weighted by Gasteiger charge is -2.13. The van der Waals surface area contributed by atoms with Gasteiger partial charge in [0.05, 0.1) is 6.61 Å². The number of benzene rings is 2. The van der Waals surface area contributed by atoms with E-state index in [2.05, 4.69) is 0 Å². The Morgan fingerprint density at radius 1 is 1.25 bits per heavy atom. The number of phenolic OH excluding ortho intramolecular Hbond substituents is 1. The van der Waals surface area contributed by atoms with Crippen molar-refractivity contribution in [1.29, 1.82) is 0 Å². The molecule has 5 heteroatoms. The van der Waals surface area contributed by atoms with Gasteiger partial charge in [0.25, 0.3) is 0 Å². The van der Waals surface area contributed by atoms with Crippen LogP contribution >= 0.6 is 0 Å². The molecule has 24 heavy (non-hydrogen) atoms. The number of rotatable bonds is 6. The molecule has 0 aliphatic carbocycles. The molecule has 0 fully saturated rings. The van der Waals surface area contributed by atoms with Gasteiger partial charge in [-0.15, -0.1) is 0 Å². The summed E-state index contributed by atoms with van der Waals surface area (Å²) >= 11 is 0. The van der Waals surface area contributed by atoms with Gasteiger partial charge >= 0.3 is 5.97 Å². The Morgan fingerprint density at radius 2 is 1.92 bits per heavy atom. The maximum Gasteiger partial charge on any atom is 0.308 e. The normalized spacial score (nSPS) is 10.5. The molecule has 128 valence electrons. The van der Waals surface area contributed by atoms with Crippen LogP contribution in [0.25, 0.3) is 0 Å². The van der Waals surface area contributed by atoms with Gasteiger partial charge in [-0.05, 0) is 31.0 Å². The predicted octanol–water partition coefficient (Wildman–Crippen LogP) is 4.14. The second-order valence-electron chi connectivity index (χ2n) is 5.57. The van der Waals surface area contributed by atoms with Crippen molar-refractivity contribution in [1.82, 2.24) is 0 Å². The van der Waals surface area contributed by atoms with Crippen molar-refractivity contribution in [2.75, 3.05) is 6.61 Å². The number of hydrogen-bond acceptors (Lipinski definition) is 4. The molecule has 2 aromatic carbocycles. The fourth-order valence-corrected chi connectivity index (χ4v) is 2.32. The number of ether oxygens (including phenoxy) is 2.